The van der Waals surface area contributed by atoms with Crippen LogP contribution in [0, 0.1) is 13.8 Å². The summed E-state index contributed by atoms with van der Waals surface area (Å²) in [6, 6.07) is 7.78. The predicted octanol–water partition coefficient (Wildman–Crippen LogP) is 3.23. The van der Waals surface area contributed by atoms with E-state index in [1.54, 1.807) is 0 Å². The van der Waals surface area contributed by atoms with E-state index < -0.39 is 0 Å². The molecule has 1 aliphatic carbocycles. The van der Waals surface area contributed by atoms with Gasteiger partial charge in [0.15, 0.2) is 0 Å². The monoisotopic (exact) mass is 361 g/mol. The highest BCUT2D eigenvalue weighted by atomic mass is 35.5. The molecule has 2 aromatic rings. The second kappa shape index (κ2) is 7.58. The van der Waals surface area contributed by atoms with Crippen LogP contribution in [0.4, 0.5) is 0 Å². The number of carbonyl (C=O) groups is 1. The topological polar surface area (TPSA) is 67.2 Å². The van der Waals surface area contributed by atoms with Crippen LogP contribution in [-0.4, -0.2) is 32.9 Å². The van der Waals surface area contributed by atoms with Crippen molar-refractivity contribution in [2.45, 2.75) is 58.2 Å². The Bertz CT molecular complexity index is 764. The molecule has 1 saturated carbocycles. The maximum atomic E-state index is 12.7. The minimum Gasteiger partial charge on any atom is -0.393 e. The van der Waals surface area contributed by atoms with Gasteiger partial charge in [-0.2, -0.15) is 5.10 Å². The molecule has 0 radical (unpaired) electrons. The number of benzene rings is 1. The molecule has 0 atom stereocenters. The summed E-state index contributed by atoms with van der Waals surface area (Å²) in [5.74, 6) is -0.0817. The van der Waals surface area contributed by atoms with Crippen molar-refractivity contribution in [3.63, 3.8) is 0 Å². The van der Waals surface area contributed by atoms with E-state index in [1.807, 2.05) is 42.8 Å². The summed E-state index contributed by atoms with van der Waals surface area (Å²) < 4.78 is 1.83. The first kappa shape index (κ1) is 18.0. The minimum absolute atomic E-state index is 0.0817. The van der Waals surface area contributed by atoms with Crippen molar-refractivity contribution in [2.24, 2.45) is 0 Å². The minimum atomic E-state index is -0.227. The van der Waals surface area contributed by atoms with Gasteiger partial charge in [0.2, 0.25) is 0 Å². The molecule has 1 aromatic heterocycles. The summed E-state index contributed by atoms with van der Waals surface area (Å²) >= 11 is 6.24. The van der Waals surface area contributed by atoms with Gasteiger partial charge in [0.05, 0.1) is 23.9 Å². The van der Waals surface area contributed by atoms with E-state index in [-0.39, 0.29) is 18.1 Å². The SMILES string of the molecule is Cc1nn(Cc2ccccc2Cl)c(C)c1C(=O)NC1CCC(O)CC1. The lowest BCUT2D eigenvalue weighted by molar-refractivity contribution is 0.0866. The van der Waals surface area contributed by atoms with E-state index in [0.29, 0.717) is 17.1 Å². The third-order valence-corrected chi connectivity index (χ3v) is 5.29. The Morgan fingerprint density at radius 2 is 1.96 bits per heavy atom. The molecule has 0 aliphatic heterocycles. The Balaban J connectivity index is 1.75. The molecule has 25 heavy (non-hydrogen) atoms. The van der Waals surface area contributed by atoms with Gasteiger partial charge < -0.3 is 10.4 Å². The van der Waals surface area contributed by atoms with Crippen LogP contribution in [0.3, 0.4) is 0 Å². The highest BCUT2D eigenvalue weighted by Gasteiger charge is 2.24. The summed E-state index contributed by atoms with van der Waals surface area (Å²) in [5, 5.41) is 17.9. The van der Waals surface area contributed by atoms with E-state index in [2.05, 4.69) is 10.4 Å². The van der Waals surface area contributed by atoms with Crippen molar-refractivity contribution in [1.82, 2.24) is 15.1 Å². The van der Waals surface area contributed by atoms with Crippen LogP contribution in [-0.2, 0) is 6.54 Å². The van der Waals surface area contributed by atoms with Crippen molar-refractivity contribution >= 4 is 17.5 Å². The van der Waals surface area contributed by atoms with Crippen LogP contribution in [0.5, 0.6) is 0 Å². The first-order valence-electron chi connectivity index (χ1n) is 8.72. The summed E-state index contributed by atoms with van der Waals surface area (Å²) in [5.41, 5.74) is 3.17. The number of aliphatic hydroxyl groups is 1. The Morgan fingerprint density at radius 3 is 2.64 bits per heavy atom. The number of aromatic nitrogens is 2. The molecule has 0 spiro atoms. The summed E-state index contributed by atoms with van der Waals surface area (Å²) in [6.07, 6.45) is 2.90. The molecule has 0 saturated heterocycles. The molecule has 1 aliphatic rings. The number of aryl methyl sites for hydroxylation is 1. The van der Waals surface area contributed by atoms with E-state index in [9.17, 15) is 9.90 Å². The van der Waals surface area contributed by atoms with Gasteiger partial charge in [-0.25, -0.2) is 0 Å². The number of nitrogens with zero attached hydrogens (tertiary/aromatic N) is 2. The van der Waals surface area contributed by atoms with Crippen molar-refractivity contribution < 1.29 is 9.90 Å². The first-order chi connectivity index (χ1) is 12.0. The Labute approximate surface area is 153 Å². The van der Waals surface area contributed by atoms with Crippen molar-refractivity contribution in [2.75, 3.05) is 0 Å². The Morgan fingerprint density at radius 1 is 1.28 bits per heavy atom. The average Bonchev–Trinajstić information content (AvgIpc) is 2.86. The van der Waals surface area contributed by atoms with Gasteiger partial charge >= 0.3 is 0 Å². The third-order valence-electron chi connectivity index (χ3n) is 4.92. The first-order valence-corrected chi connectivity index (χ1v) is 9.10. The number of amides is 1. The van der Waals surface area contributed by atoms with Gasteiger partial charge in [-0.1, -0.05) is 29.8 Å². The maximum Gasteiger partial charge on any atom is 0.255 e. The summed E-state index contributed by atoms with van der Waals surface area (Å²) in [7, 11) is 0. The average molecular weight is 362 g/mol. The number of nitrogens with one attached hydrogen (secondary N) is 1. The van der Waals surface area contributed by atoms with E-state index in [1.165, 1.54) is 0 Å². The van der Waals surface area contributed by atoms with E-state index in [0.717, 1.165) is 42.6 Å². The fourth-order valence-electron chi connectivity index (χ4n) is 3.45. The molecule has 1 fully saturated rings. The quantitative estimate of drug-likeness (QED) is 0.878. The normalized spacial score (nSPS) is 20.5. The van der Waals surface area contributed by atoms with Crippen LogP contribution >= 0.6 is 11.6 Å². The lowest BCUT2D eigenvalue weighted by Crippen LogP contribution is -2.39. The van der Waals surface area contributed by atoms with Crippen LogP contribution in [0.15, 0.2) is 24.3 Å². The van der Waals surface area contributed by atoms with Crippen molar-refractivity contribution in [1.29, 1.82) is 0 Å². The number of hydrogen-bond donors (Lipinski definition) is 2. The summed E-state index contributed by atoms with van der Waals surface area (Å²) in [4.78, 5) is 12.7. The maximum absolute atomic E-state index is 12.7. The van der Waals surface area contributed by atoms with Gasteiger partial charge in [0.1, 0.15) is 0 Å². The van der Waals surface area contributed by atoms with Gasteiger partial charge in [-0.05, 0) is 51.2 Å². The number of carbonyl (C=O) groups excluding carboxylic acids is 1. The van der Waals surface area contributed by atoms with Crippen LogP contribution in [0.25, 0.3) is 0 Å². The predicted molar refractivity (Wildman–Crippen MR) is 98.0 cm³/mol. The fourth-order valence-corrected chi connectivity index (χ4v) is 3.64. The lowest BCUT2D eigenvalue weighted by Gasteiger charge is -2.26. The Kier molecular flexibility index (Phi) is 5.45. The molecule has 134 valence electrons. The molecule has 5 nitrogen and oxygen atoms in total. The molecule has 0 unspecified atom stereocenters. The van der Waals surface area contributed by atoms with E-state index in [4.69, 9.17) is 11.6 Å². The van der Waals surface area contributed by atoms with Crippen LogP contribution in [0.2, 0.25) is 5.02 Å². The van der Waals surface area contributed by atoms with Gasteiger partial charge in [0.25, 0.3) is 5.91 Å². The highest BCUT2D eigenvalue weighted by Crippen LogP contribution is 2.22. The van der Waals surface area contributed by atoms with Crippen molar-refractivity contribution in [3.8, 4) is 0 Å². The fraction of sp³-hybridized carbons (Fsp3) is 0.474. The number of rotatable bonds is 4. The van der Waals surface area contributed by atoms with Crippen molar-refractivity contribution in [3.05, 3.63) is 51.8 Å². The largest absolute Gasteiger partial charge is 0.393 e. The zero-order valence-electron chi connectivity index (χ0n) is 14.6. The molecule has 2 N–H and O–H groups in total. The van der Waals surface area contributed by atoms with Crippen LogP contribution in [0.1, 0.15) is 53.0 Å². The molecule has 1 aromatic carbocycles. The highest BCUT2D eigenvalue weighted by molar-refractivity contribution is 6.31. The Hall–Kier alpha value is -1.85. The van der Waals surface area contributed by atoms with Crippen LogP contribution < -0.4 is 5.32 Å². The molecular weight excluding hydrogens is 338 g/mol. The number of aliphatic hydroxyl groups excluding tert-OH is 1. The number of hydrogen-bond acceptors (Lipinski definition) is 3. The molecule has 1 amide bonds. The molecule has 1 heterocycles. The molecule has 3 rings (SSSR count). The van der Waals surface area contributed by atoms with Gasteiger partial charge in [-0.15, -0.1) is 0 Å². The number of halogens is 1. The second-order valence-corrected chi connectivity index (χ2v) is 7.18. The summed E-state index contributed by atoms with van der Waals surface area (Å²) in [6.45, 7) is 4.31. The molecular formula is C19H24ClN3O2. The molecule has 6 heteroatoms. The zero-order chi connectivity index (χ0) is 18.0. The standard InChI is InChI=1S/C19H24ClN3O2/c1-12-18(19(25)21-15-7-9-16(24)10-8-15)13(2)23(22-12)11-14-5-3-4-6-17(14)20/h3-6,15-16,24H,7-11H2,1-2H3,(H,21,25). The third kappa shape index (κ3) is 4.05. The lowest BCUT2D eigenvalue weighted by atomic mass is 9.93. The second-order valence-electron chi connectivity index (χ2n) is 6.77. The smallest absolute Gasteiger partial charge is 0.255 e. The van der Waals surface area contributed by atoms with E-state index >= 15 is 0 Å². The molecule has 0 bridgehead atoms. The zero-order valence-corrected chi connectivity index (χ0v) is 15.4. The van der Waals surface area contributed by atoms with Gasteiger partial charge in [-0.3, -0.25) is 9.48 Å². The van der Waals surface area contributed by atoms with Gasteiger partial charge in [0, 0.05) is 16.8 Å².